The Labute approximate surface area is 123 Å². The van der Waals surface area contributed by atoms with E-state index >= 15 is 0 Å². The average Bonchev–Trinajstić information content (AvgIpc) is 2.46. The van der Waals surface area contributed by atoms with Crippen LogP contribution < -0.4 is 10.6 Å². The van der Waals surface area contributed by atoms with Crippen LogP contribution in [0.3, 0.4) is 0 Å². The summed E-state index contributed by atoms with van der Waals surface area (Å²) in [6.45, 7) is 11.0. The van der Waals surface area contributed by atoms with Crippen molar-refractivity contribution in [2.75, 3.05) is 31.1 Å². The van der Waals surface area contributed by atoms with Gasteiger partial charge in [-0.1, -0.05) is 13.0 Å². The lowest BCUT2D eigenvalue weighted by Crippen LogP contribution is -2.50. The Kier molecular flexibility index (Phi) is 5.38. The molecule has 0 spiro atoms. The first-order valence-electron chi connectivity index (χ1n) is 7.80. The topological polar surface area (TPSA) is 45.4 Å². The molecule has 2 unspecified atom stereocenters. The summed E-state index contributed by atoms with van der Waals surface area (Å²) in [4.78, 5) is 9.58. The summed E-state index contributed by atoms with van der Waals surface area (Å²) in [5, 5.41) is 0. The zero-order chi connectivity index (χ0) is 14.5. The van der Waals surface area contributed by atoms with E-state index in [1.165, 1.54) is 12.0 Å². The molecule has 4 heteroatoms. The second-order valence-electron chi connectivity index (χ2n) is 5.95. The van der Waals surface area contributed by atoms with Crippen LogP contribution >= 0.6 is 0 Å². The average molecular weight is 276 g/mol. The summed E-state index contributed by atoms with van der Waals surface area (Å²) in [6.07, 6.45) is 4.01. The van der Waals surface area contributed by atoms with E-state index in [0.717, 1.165) is 38.4 Å². The maximum absolute atomic E-state index is 5.95. The lowest BCUT2D eigenvalue weighted by molar-refractivity contribution is 0.192. The molecule has 0 amide bonds. The number of hydrogen-bond donors (Lipinski definition) is 1. The van der Waals surface area contributed by atoms with Crippen LogP contribution in [0.1, 0.15) is 32.8 Å². The van der Waals surface area contributed by atoms with Gasteiger partial charge in [-0.3, -0.25) is 4.90 Å². The smallest absolute Gasteiger partial charge is 0.131 e. The number of pyridine rings is 1. The van der Waals surface area contributed by atoms with E-state index in [0.29, 0.717) is 6.04 Å². The molecule has 1 saturated heterocycles. The van der Waals surface area contributed by atoms with E-state index in [4.69, 9.17) is 5.73 Å². The highest BCUT2D eigenvalue weighted by Gasteiger charge is 2.22. The molecule has 1 aromatic heterocycles. The van der Waals surface area contributed by atoms with Crippen molar-refractivity contribution < 1.29 is 0 Å². The predicted octanol–water partition coefficient (Wildman–Crippen LogP) is 1.89. The van der Waals surface area contributed by atoms with E-state index < -0.39 is 0 Å². The van der Waals surface area contributed by atoms with Crippen molar-refractivity contribution in [3.8, 4) is 0 Å². The normalized spacial score (nSPS) is 19.9. The lowest BCUT2D eigenvalue weighted by atomic mass is 10.1. The zero-order valence-corrected chi connectivity index (χ0v) is 13.0. The number of piperazine rings is 1. The summed E-state index contributed by atoms with van der Waals surface area (Å²) in [5.41, 5.74) is 7.23. The molecule has 0 radical (unpaired) electrons. The van der Waals surface area contributed by atoms with Gasteiger partial charge in [-0.2, -0.15) is 0 Å². The number of nitrogens with zero attached hydrogens (tertiary/aromatic N) is 3. The van der Waals surface area contributed by atoms with E-state index in [9.17, 15) is 0 Å². The van der Waals surface area contributed by atoms with Crippen molar-refractivity contribution >= 4 is 5.82 Å². The van der Waals surface area contributed by atoms with Gasteiger partial charge in [-0.25, -0.2) is 4.98 Å². The third-order valence-corrected chi connectivity index (χ3v) is 4.24. The zero-order valence-electron chi connectivity index (χ0n) is 13.0. The highest BCUT2D eigenvalue weighted by Crippen LogP contribution is 2.21. The molecule has 4 nitrogen and oxygen atoms in total. The summed E-state index contributed by atoms with van der Waals surface area (Å²) in [6, 6.07) is 5.03. The number of nitrogens with two attached hydrogens (primary N) is 1. The van der Waals surface area contributed by atoms with Gasteiger partial charge in [0.15, 0.2) is 0 Å². The molecule has 0 bridgehead atoms. The molecular formula is C16H28N4. The van der Waals surface area contributed by atoms with E-state index in [2.05, 4.69) is 41.6 Å². The van der Waals surface area contributed by atoms with Crippen molar-refractivity contribution in [3.63, 3.8) is 0 Å². The van der Waals surface area contributed by atoms with Crippen LogP contribution in [0.25, 0.3) is 0 Å². The molecule has 1 aliphatic heterocycles. The van der Waals surface area contributed by atoms with Crippen LogP contribution in [0, 0.1) is 0 Å². The Morgan fingerprint density at radius 3 is 2.55 bits per heavy atom. The number of anilines is 1. The van der Waals surface area contributed by atoms with E-state index in [1.807, 2.05) is 12.3 Å². The van der Waals surface area contributed by atoms with Crippen molar-refractivity contribution in [1.82, 2.24) is 9.88 Å². The fraction of sp³-hybridized carbons (Fsp3) is 0.688. The molecule has 2 atom stereocenters. The van der Waals surface area contributed by atoms with Gasteiger partial charge in [0.05, 0.1) is 0 Å². The van der Waals surface area contributed by atoms with Crippen molar-refractivity contribution in [2.24, 2.45) is 5.73 Å². The Morgan fingerprint density at radius 1 is 1.25 bits per heavy atom. The Hall–Kier alpha value is -1.13. The van der Waals surface area contributed by atoms with Gasteiger partial charge in [-0.15, -0.1) is 0 Å². The van der Waals surface area contributed by atoms with Crippen LogP contribution in [-0.4, -0.2) is 48.1 Å². The molecule has 2 N–H and O–H groups in total. The molecule has 2 heterocycles. The molecule has 0 aromatic carbocycles. The summed E-state index contributed by atoms with van der Waals surface area (Å²) < 4.78 is 0. The number of rotatable bonds is 5. The van der Waals surface area contributed by atoms with Crippen LogP contribution in [0.2, 0.25) is 0 Å². The van der Waals surface area contributed by atoms with E-state index in [1.54, 1.807) is 0 Å². The number of hydrogen-bond acceptors (Lipinski definition) is 4. The van der Waals surface area contributed by atoms with Gasteiger partial charge in [0.1, 0.15) is 5.82 Å². The van der Waals surface area contributed by atoms with Crippen molar-refractivity contribution in [3.05, 3.63) is 23.9 Å². The molecular weight excluding hydrogens is 248 g/mol. The fourth-order valence-corrected chi connectivity index (χ4v) is 2.85. The third kappa shape index (κ3) is 3.70. The molecule has 1 fully saturated rings. The Balaban J connectivity index is 2.03. The van der Waals surface area contributed by atoms with Crippen LogP contribution in [0.4, 0.5) is 5.82 Å². The minimum Gasteiger partial charge on any atom is -0.354 e. The van der Waals surface area contributed by atoms with Gasteiger partial charge in [0.2, 0.25) is 0 Å². The second kappa shape index (κ2) is 7.04. The summed E-state index contributed by atoms with van der Waals surface area (Å²) in [7, 11) is 0. The van der Waals surface area contributed by atoms with Crippen LogP contribution in [0.15, 0.2) is 18.3 Å². The molecule has 0 saturated carbocycles. The largest absolute Gasteiger partial charge is 0.354 e. The summed E-state index contributed by atoms with van der Waals surface area (Å²) >= 11 is 0. The third-order valence-electron chi connectivity index (χ3n) is 4.24. The van der Waals surface area contributed by atoms with Crippen molar-refractivity contribution in [2.45, 2.75) is 45.7 Å². The first-order chi connectivity index (χ1) is 9.61. The molecule has 112 valence electrons. The van der Waals surface area contributed by atoms with Crippen molar-refractivity contribution in [1.29, 1.82) is 0 Å². The minimum absolute atomic E-state index is 0.180. The predicted molar refractivity (Wildman–Crippen MR) is 85.1 cm³/mol. The van der Waals surface area contributed by atoms with Gasteiger partial charge < -0.3 is 10.6 Å². The highest BCUT2D eigenvalue weighted by atomic mass is 15.3. The second-order valence-corrected chi connectivity index (χ2v) is 5.95. The highest BCUT2D eigenvalue weighted by molar-refractivity contribution is 5.47. The lowest BCUT2D eigenvalue weighted by Gasteiger charge is -2.39. The first kappa shape index (κ1) is 15.3. The molecule has 1 aromatic rings. The van der Waals surface area contributed by atoms with Gasteiger partial charge in [0, 0.05) is 44.5 Å². The molecule has 0 aliphatic carbocycles. The SMILES string of the molecule is CCC(C)N1CCN(c2ncccc2CC(C)N)CC1. The number of aromatic nitrogens is 1. The monoisotopic (exact) mass is 276 g/mol. The quantitative estimate of drug-likeness (QED) is 0.892. The first-order valence-corrected chi connectivity index (χ1v) is 7.80. The van der Waals surface area contributed by atoms with Crippen LogP contribution in [-0.2, 0) is 6.42 Å². The molecule has 2 rings (SSSR count). The van der Waals surface area contributed by atoms with Crippen LogP contribution in [0.5, 0.6) is 0 Å². The summed E-state index contributed by atoms with van der Waals surface area (Å²) in [5.74, 6) is 1.13. The standard InChI is InChI=1S/C16H28N4/c1-4-14(3)19-8-10-20(11-9-19)16-15(12-13(2)17)6-5-7-18-16/h5-7,13-14H,4,8-12,17H2,1-3H3. The maximum atomic E-state index is 5.95. The molecule has 1 aliphatic rings. The Morgan fingerprint density at radius 2 is 1.95 bits per heavy atom. The minimum atomic E-state index is 0.180. The Bertz CT molecular complexity index is 411. The van der Waals surface area contributed by atoms with Gasteiger partial charge in [0.25, 0.3) is 0 Å². The van der Waals surface area contributed by atoms with Gasteiger partial charge in [-0.05, 0) is 38.3 Å². The molecule has 20 heavy (non-hydrogen) atoms. The van der Waals surface area contributed by atoms with Gasteiger partial charge >= 0.3 is 0 Å². The maximum Gasteiger partial charge on any atom is 0.131 e. The van der Waals surface area contributed by atoms with E-state index in [-0.39, 0.29) is 6.04 Å². The fourth-order valence-electron chi connectivity index (χ4n) is 2.85.